The molecule has 1 aromatic heterocycles. The summed E-state index contributed by atoms with van der Waals surface area (Å²) in [5.41, 5.74) is 0.228. The maximum Gasteiger partial charge on any atom is 0.449 e. The standard InChI is InChI=1S/C19H21F3N4O5/c1-2-30-18(29)25-9-7-24(8-10-25)15(27)12-31-16(28)11-26-14-6-4-3-5-13(14)23-17(26)19(20,21)22/h3-6H,2,7-12H2,1H3. The largest absolute Gasteiger partial charge is 0.454 e. The van der Waals surface area contributed by atoms with Crippen molar-refractivity contribution in [3.63, 3.8) is 0 Å². The molecule has 3 rings (SSSR count). The van der Waals surface area contributed by atoms with Crippen LogP contribution in [0.25, 0.3) is 11.0 Å². The van der Waals surface area contributed by atoms with Crippen LogP contribution in [-0.4, -0.2) is 76.7 Å². The lowest BCUT2D eigenvalue weighted by Gasteiger charge is -2.33. The van der Waals surface area contributed by atoms with Gasteiger partial charge in [0, 0.05) is 26.2 Å². The van der Waals surface area contributed by atoms with E-state index in [0.717, 1.165) is 4.57 Å². The fourth-order valence-electron chi connectivity index (χ4n) is 3.21. The molecule has 1 aromatic carbocycles. The van der Waals surface area contributed by atoms with Crippen molar-refractivity contribution >= 4 is 29.0 Å². The maximum atomic E-state index is 13.3. The lowest BCUT2D eigenvalue weighted by Crippen LogP contribution is -2.51. The number of carbonyl (C=O) groups excluding carboxylic acids is 3. The maximum absolute atomic E-state index is 13.3. The number of imidazole rings is 1. The SMILES string of the molecule is CCOC(=O)N1CCN(C(=O)COC(=O)Cn2c(C(F)(F)F)nc3ccccc32)CC1. The van der Waals surface area contributed by atoms with Gasteiger partial charge in [-0.25, -0.2) is 9.78 Å². The van der Waals surface area contributed by atoms with E-state index in [2.05, 4.69) is 4.98 Å². The molecule has 0 N–H and O–H groups in total. The van der Waals surface area contributed by atoms with Gasteiger partial charge < -0.3 is 23.8 Å². The van der Waals surface area contributed by atoms with Gasteiger partial charge in [0.2, 0.25) is 5.82 Å². The quantitative estimate of drug-likeness (QED) is 0.657. The van der Waals surface area contributed by atoms with Gasteiger partial charge in [-0.1, -0.05) is 12.1 Å². The molecule has 2 aromatic rings. The summed E-state index contributed by atoms with van der Waals surface area (Å²) < 4.78 is 50.4. The Morgan fingerprint density at radius 2 is 1.68 bits per heavy atom. The number of piperazine rings is 1. The molecule has 2 amide bonds. The van der Waals surface area contributed by atoms with Gasteiger partial charge in [0.15, 0.2) is 6.61 Å². The predicted octanol–water partition coefficient (Wildman–Crippen LogP) is 1.90. The van der Waals surface area contributed by atoms with Crippen molar-refractivity contribution in [1.82, 2.24) is 19.4 Å². The summed E-state index contributed by atoms with van der Waals surface area (Å²) in [4.78, 5) is 42.5. The van der Waals surface area contributed by atoms with Gasteiger partial charge in [-0.3, -0.25) is 9.59 Å². The molecule has 0 unspecified atom stereocenters. The fourth-order valence-corrected chi connectivity index (χ4v) is 3.21. The monoisotopic (exact) mass is 442 g/mol. The lowest BCUT2D eigenvalue weighted by atomic mass is 10.3. The average Bonchev–Trinajstić information content (AvgIpc) is 3.11. The normalized spacial score (nSPS) is 14.6. The molecule has 2 heterocycles. The van der Waals surface area contributed by atoms with E-state index in [0.29, 0.717) is 0 Å². The van der Waals surface area contributed by atoms with Crippen LogP contribution < -0.4 is 0 Å². The van der Waals surface area contributed by atoms with Crippen LogP contribution in [0.5, 0.6) is 0 Å². The zero-order valence-electron chi connectivity index (χ0n) is 16.7. The summed E-state index contributed by atoms with van der Waals surface area (Å²) in [5, 5.41) is 0. The number of benzene rings is 1. The number of esters is 1. The highest BCUT2D eigenvalue weighted by Gasteiger charge is 2.38. The summed E-state index contributed by atoms with van der Waals surface area (Å²) in [5.74, 6) is -2.71. The lowest BCUT2D eigenvalue weighted by molar-refractivity contribution is -0.155. The summed E-state index contributed by atoms with van der Waals surface area (Å²) in [6.45, 7) is 1.61. The Morgan fingerprint density at radius 1 is 1.03 bits per heavy atom. The van der Waals surface area contributed by atoms with Crippen LogP contribution in [0.3, 0.4) is 0 Å². The first-order valence-electron chi connectivity index (χ1n) is 9.58. The van der Waals surface area contributed by atoms with E-state index in [9.17, 15) is 27.6 Å². The molecule has 0 saturated carbocycles. The minimum Gasteiger partial charge on any atom is -0.454 e. The van der Waals surface area contributed by atoms with Crippen molar-refractivity contribution in [2.75, 3.05) is 39.4 Å². The number of carbonyl (C=O) groups is 3. The second-order valence-electron chi connectivity index (χ2n) is 6.74. The Morgan fingerprint density at radius 3 is 2.32 bits per heavy atom. The van der Waals surface area contributed by atoms with E-state index in [1.807, 2.05) is 0 Å². The number of alkyl halides is 3. The molecule has 12 heteroatoms. The highest BCUT2D eigenvalue weighted by molar-refractivity contribution is 5.82. The average molecular weight is 442 g/mol. The van der Waals surface area contributed by atoms with E-state index in [1.165, 1.54) is 28.0 Å². The predicted molar refractivity (Wildman–Crippen MR) is 101 cm³/mol. The fraction of sp³-hybridized carbons (Fsp3) is 0.474. The van der Waals surface area contributed by atoms with Crippen LogP contribution in [0.1, 0.15) is 12.7 Å². The van der Waals surface area contributed by atoms with E-state index in [4.69, 9.17) is 9.47 Å². The molecular formula is C19H21F3N4O5. The summed E-state index contributed by atoms with van der Waals surface area (Å²) in [7, 11) is 0. The van der Waals surface area contributed by atoms with Crippen molar-refractivity contribution < 1.29 is 37.0 Å². The van der Waals surface area contributed by atoms with Crippen molar-refractivity contribution in [3.8, 4) is 0 Å². The van der Waals surface area contributed by atoms with Crippen molar-refractivity contribution in [3.05, 3.63) is 30.1 Å². The van der Waals surface area contributed by atoms with Gasteiger partial charge in [0.05, 0.1) is 17.6 Å². The van der Waals surface area contributed by atoms with Gasteiger partial charge >= 0.3 is 18.2 Å². The molecule has 1 saturated heterocycles. The number of fused-ring (bicyclic) bond motifs is 1. The van der Waals surface area contributed by atoms with Crippen LogP contribution in [0.4, 0.5) is 18.0 Å². The van der Waals surface area contributed by atoms with Gasteiger partial charge in [-0.2, -0.15) is 13.2 Å². The zero-order valence-corrected chi connectivity index (χ0v) is 16.7. The molecule has 1 aliphatic heterocycles. The van der Waals surface area contributed by atoms with Crippen molar-refractivity contribution in [2.45, 2.75) is 19.6 Å². The number of amides is 2. The number of halogens is 3. The van der Waals surface area contributed by atoms with Crippen LogP contribution in [0.2, 0.25) is 0 Å². The second-order valence-corrected chi connectivity index (χ2v) is 6.74. The molecule has 1 aliphatic rings. The molecule has 1 fully saturated rings. The van der Waals surface area contributed by atoms with Gasteiger partial charge in [0.25, 0.3) is 5.91 Å². The summed E-state index contributed by atoms with van der Waals surface area (Å²) in [6, 6.07) is 5.90. The van der Waals surface area contributed by atoms with Crippen LogP contribution in [0, 0.1) is 0 Å². The molecule has 9 nitrogen and oxygen atoms in total. The first-order chi connectivity index (χ1) is 14.7. The smallest absolute Gasteiger partial charge is 0.449 e. The third-order valence-electron chi connectivity index (χ3n) is 4.71. The van der Waals surface area contributed by atoms with E-state index < -0.39 is 43.1 Å². The Labute approximate surface area is 175 Å². The minimum absolute atomic E-state index is 0.0955. The second kappa shape index (κ2) is 9.23. The van der Waals surface area contributed by atoms with E-state index in [1.54, 1.807) is 13.0 Å². The highest BCUT2D eigenvalue weighted by Crippen LogP contribution is 2.31. The van der Waals surface area contributed by atoms with Crippen LogP contribution >= 0.6 is 0 Å². The molecule has 0 atom stereocenters. The number of nitrogens with zero attached hydrogens (tertiary/aromatic N) is 4. The van der Waals surface area contributed by atoms with Gasteiger partial charge in [0.1, 0.15) is 6.54 Å². The van der Waals surface area contributed by atoms with E-state index >= 15 is 0 Å². The Balaban J connectivity index is 1.57. The first-order valence-corrected chi connectivity index (χ1v) is 9.58. The summed E-state index contributed by atoms with van der Waals surface area (Å²) >= 11 is 0. The first kappa shape index (κ1) is 22.4. The number of rotatable bonds is 5. The van der Waals surface area contributed by atoms with Crippen LogP contribution in [0.15, 0.2) is 24.3 Å². The van der Waals surface area contributed by atoms with E-state index in [-0.39, 0.29) is 43.8 Å². The minimum atomic E-state index is -4.76. The number of para-hydroxylation sites is 2. The molecule has 0 radical (unpaired) electrons. The molecule has 168 valence electrons. The third-order valence-corrected chi connectivity index (χ3v) is 4.71. The third kappa shape index (κ3) is 5.25. The number of hydrogen-bond donors (Lipinski definition) is 0. The highest BCUT2D eigenvalue weighted by atomic mass is 19.4. The summed E-state index contributed by atoms with van der Waals surface area (Å²) in [6.07, 6.45) is -5.22. The topological polar surface area (TPSA) is 94.0 Å². The van der Waals surface area contributed by atoms with Crippen molar-refractivity contribution in [1.29, 1.82) is 0 Å². The number of aromatic nitrogens is 2. The van der Waals surface area contributed by atoms with Gasteiger partial charge in [-0.15, -0.1) is 0 Å². The molecule has 0 aliphatic carbocycles. The molecule has 0 bridgehead atoms. The Bertz CT molecular complexity index is 967. The van der Waals surface area contributed by atoms with Crippen LogP contribution in [-0.2, 0) is 31.8 Å². The zero-order chi connectivity index (χ0) is 22.6. The molecular weight excluding hydrogens is 421 g/mol. The Hall–Kier alpha value is -3.31. The van der Waals surface area contributed by atoms with Crippen molar-refractivity contribution in [2.24, 2.45) is 0 Å². The molecule has 0 spiro atoms. The Kier molecular flexibility index (Phi) is 6.66. The van der Waals surface area contributed by atoms with Gasteiger partial charge in [-0.05, 0) is 19.1 Å². The number of ether oxygens (including phenoxy) is 2. The molecule has 31 heavy (non-hydrogen) atoms. The number of hydrogen-bond acceptors (Lipinski definition) is 6.